The van der Waals surface area contributed by atoms with E-state index in [2.05, 4.69) is 0 Å². The number of ether oxygens (including phenoxy) is 2. The highest BCUT2D eigenvalue weighted by Crippen LogP contribution is 2.19. The Balaban J connectivity index is 1.84. The second kappa shape index (κ2) is 5.32. The predicted octanol–water partition coefficient (Wildman–Crippen LogP) is 2.16. The smallest absolute Gasteiger partial charge is 0.119 e. The fraction of sp³-hybridized carbons (Fsp3) is 0.538. The van der Waals surface area contributed by atoms with Crippen molar-refractivity contribution in [1.82, 2.24) is 0 Å². The van der Waals surface area contributed by atoms with Crippen LogP contribution in [0.5, 0.6) is 5.75 Å². The van der Waals surface area contributed by atoms with Crippen LogP contribution in [0, 0.1) is 5.92 Å². The van der Waals surface area contributed by atoms with E-state index in [1.165, 1.54) is 0 Å². The lowest BCUT2D eigenvalue weighted by Crippen LogP contribution is -2.11. The molecule has 1 unspecified atom stereocenters. The molecule has 16 heavy (non-hydrogen) atoms. The van der Waals surface area contributed by atoms with Gasteiger partial charge in [-0.15, -0.1) is 0 Å². The summed E-state index contributed by atoms with van der Waals surface area (Å²) in [4.78, 5) is 0. The number of rotatable bonds is 4. The molecule has 3 heteroatoms. The summed E-state index contributed by atoms with van der Waals surface area (Å²) < 4.78 is 10.9. The van der Waals surface area contributed by atoms with Crippen LogP contribution in [-0.2, 0) is 4.74 Å². The van der Waals surface area contributed by atoms with Crippen molar-refractivity contribution in [2.45, 2.75) is 19.4 Å². The van der Waals surface area contributed by atoms with E-state index in [0.29, 0.717) is 12.5 Å². The Morgan fingerprint density at radius 1 is 1.44 bits per heavy atom. The van der Waals surface area contributed by atoms with E-state index in [9.17, 15) is 5.11 Å². The molecule has 1 heterocycles. The Bertz CT molecular complexity index is 312. The summed E-state index contributed by atoms with van der Waals surface area (Å²) >= 11 is 0. The summed E-state index contributed by atoms with van der Waals surface area (Å²) in [6, 6.07) is 7.59. The molecule has 1 aromatic rings. The number of hydrogen-bond donors (Lipinski definition) is 1. The predicted molar refractivity (Wildman–Crippen MR) is 61.5 cm³/mol. The lowest BCUT2D eigenvalue weighted by Gasteiger charge is -2.11. The fourth-order valence-electron chi connectivity index (χ4n) is 1.77. The molecule has 3 nitrogen and oxygen atoms in total. The van der Waals surface area contributed by atoms with Crippen molar-refractivity contribution >= 4 is 0 Å². The van der Waals surface area contributed by atoms with Crippen LogP contribution in [0.4, 0.5) is 0 Å². The first-order valence-corrected chi connectivity index (χ1v) is 5.74. The van der Waals surface area contributed by atoms with E-state index < -0.39 is 6.10 Å². The van der Waals surface area contributed by atoms with Crippen LogP contribution in [0.2, 0.25) is 0 Å². The highest BCUT2D eigenvalue weighted by molar-refractivity contribution is 5.28. The summed E-state index contributed by atoms with van der Waals surface area (Å²) in [5.74, 6) is 1.38. The topological polar surface area (TPSA) is 38.7 Å². The molecule has 0 radical (unpaired) electrons. The van der Waals surface area contributed by atoms with Gasteiger partial charge in [-0.1, -0.05) is 12.1 Å². The largest absolute Gasteiger partial charge is 0.493 e. The van der Waals surface area contributed by atoms with Crippen molar-refractivity contribution in [1.29, 1.82) is 0 Å². The van der Waals surface area contributed by atoms with Gasteiger partial charge in [0.15, 0.2) is 0 Å². The molecule has 0 aromatic heterocycles. The van der Waals surface area contributed by atoms with Gasteiger partial charge in [-0.05, 0) is 31.0 Å². The lowest BCUT2D eigenvalue weighted by atomic mass is 10.1. The lowest BCUT2D eigenvalue weighted by molar-refractivity contribution is 0.167. The molecule has 0 saturated carbocycles. The van der Waals surface area contributed by atoms with E-state index >= 15 is 0 Å². The maximum atomic E-state index is 9.36. The van der Waals surface area contributed by atoms with Crippen LogP contribution in [-0.4, -0.2) is 24.9 Å². The van der Waals surface area contributed by atoms with Gasteiger partial charge < -0.3 is 14.6 Å². The zero-order valence-electron chi connectivity index (χ0n) is 9.56. The molecule has 1 aliphatic rings. The standard InChI is InChI=1S/C13H18O3/c1-10(14)12-2-4-13(5-3-12)16-9-11-6-7-15-8-11/h2-5,10-11,14H,6-9H2,1H3/t10-,11?/m0/s1. The van der Waals surface area contributed by atoms with Gasteiger partial charge in [-0.2, -0.15) is 0 Å². The summed E-state index contributed by atoms with van der Waals surface area (Å²) in [5.41, 5.74) is 0.913. The molecular formula is C13H18O3. The summed E-state index contributed by atoms with van der Waals surface area (Å²) in [6.45, 7) is 4.14. The maximum absolute atomic E-state index is 9.36. The van der Waals surface area contributed by atoms with Gasteiger partial charge >= 0.3 is 0 Å². The Hall–Kier alpha value is -1.06. The van der Waals surface area contributed by atoms with Crippen LogP contribution < -0.4 is 4.74 Å². The Morgan fingerprint density at radius 3 is 2.75 bits per heavy atom. The molecule has 88 valence electrons. The molecule has 0 amide bonds. The molecular weight excluding hydrogens is 204 g/mol. The summed E-state index contributed by atoms with van der Waals surface area (Å²) in [5, 5.41) is 9.36. The van der Waals surface area contributed by atoms with E-state index in [4.69, 9.17) is 9.47 Å². The molecule has 1 fully saturated rings. The Morgan fingerprint density at radius 2 is 2.19 bits per heavy atom. The number of aliphatic hydroxyl groups excluding tert-OH is 1. The Labute approximate surface area is 96.0 Å². The molecule has 1 N–H and O–H groups in total. The van der Waals surface area contributed by atoms with Crippen LogP contribution in [0.3, 0.4) is 0 Å². The normalized spacial score (nSPS) is 22.0. The molecule has 0 aliphatic carbocycles. The van der Waals surface area contributed by atoms with E-state index in [-0.39, 0.29) is 0 Å². The zero-order chi connectivity index (χ0) is 11.4. The van der Waals surface area contributed by atoms with Gasteiger partial charge in [-0.3, -0.25) is 0 Å². The van der Waals surface area contributed by atoms with Gasteiger partial charge in [0.05, 0.1) is 19.3 Å². The van der Waals surface area contributed by atoms with Crippen LogP contribution in [0.25, 0.3) is 0 Å². The SMILES string of the molecule is C[C@H](O)c1ccc(OCC2CCOC2)cc1. The molecule has 1 saturated heterocycles. The maximum Gasteiger partial charge on any atom is 0.119 e. The van der Waals surface area contributed by atoms with Crippen molar-refractivity contribution in [3.8, 4) is 5.75 Å². The number of hydrogen-bond acceptors (Lipinski definition) is 3. The third-order valence-electron chi connectivity index (χ3n) is 2.87. The minimum absolute atomic E-state index is 0.419. The Kier molecular flexibility index (Phi) is 3.80. The first-order valence-electron chi connectivity index (χ1n) is 5.74. The van der Waals surface area contributed by atoms with Gasteiger partial charge in [-0.25, -0.2) is 0 Å². The van der Waals surface area contributed by atoms with Gasteiger partial charge in [0.1, 0.15) is 5.75 Å². The molecule has 2 atom stereocenters. The first kappa shape index (κ1) is 11.4. The summed E-state index contributed by atoms with van der Waals surface area (Å²) in [6.07, 6.45) is 0.670. The van der Waals surface area contributed by atoms with Crippen molar-refractivity contribution in [2.75, 3.05) is 19.8 Å². The van der Waals surface area contributed by atoms with Gasteiger partial charge in [0.2, 0.25) is 0 Å². The quantitative estimate of drug-likeness (QED) is 0.848. The van der Waals surface area contributed by atoms with E-state index in [1.54, 1.807) is 6.92 Å². The van der Waals surface area contributed by atoms with E-state index in [0.717, 1.165) is 30.9 Å². The third kappa shape index (κ3) is 2.97. The third-order valence-corrected chi connectivity index (χ3v) is 2.87. The van der Waals surface area contributed by atoms with Crippen LogP contribution in [0.1, 0.15) is 25.0 Å². The summed E-state index contributed by atoms with van der Waals surface area (Å²) in [7, 11) is 0. The second-order valence-electron chi connectivity index (χ2n) is 4.29. The van der Waals surface area contributed by atoms with Gasteiger partial charge in [0, 0.05) is 12.5 Å². The molecule has 0 bridgehead atoms. The minimum Gasteiger partial charge on any atom is -0.493 e. The number of benzene rings is 1. The van der Waals surface area contributed by atoms with Crippen LogP contribution >= 0.6 is 0 Å². The average molecular weight is 222 g/mol. The average Bonchev–Trinajstić information content (AvgIpc) is 2.80. The fourth-order valence-corrected chi connectivity index (χ4v) is 1.77. The zero-order valence-corrected chi connectivity index (χ0v) is 9.56. The molecule has 0 spiro atoms. The van der Waals surface area contributed by atoms with Gasteiger partial charge in [0.25, 0.3) is 0 Å². The van der Waals surface area contributed by atoms with Crippen molar-refractivity contribution in [2.24, 2.45) is 5.92 Å². The molecule has 1 aliphatic heterocycles. The van der Waals surface area contributed by atoms with E-state index in [1.807, 2.05) is 24.3 Å². The first-order chi connectivity index (χ1) is 7.75. The van der Waals surface area contributed by atoms with Crippen molar-refractivity contribution in [3.63, 3.8) is 0 Å². The van der Waals surface area contributed by atoms with Crippen LogP contribution in [0.15, 0.2) is 24.3 Å². The molecule has 2 rings (SSSR count). The molecule has 1 aromatic carbocycles. The van der Waals surface area contributed by atoms with Crippen molar-refractivity contribution in [3.05, 3.63) is 29.8 Å². The minimum atomic E-state index is -0.419. The number of aliphatic hydroxyl groups is 1. The second-order valence-corrected chi connectivity index (χ2v) is 4.29. The monoisotopic (exact) mass is 222 g/mol. The van der Waals surface area contributed by atoms with Crippen molar-refractivity contribution < 1.29 is 14.6 Å². The highest BCUT2D eigenvalue weighted by atomic mass is 16.5. The highest BCUT2D eigenvalue weighted by Gasteiger charge is 2.16.